The molecule has 1 fully saturated rings. The molecule has 0 unspecified atom stereocenters. The van der Waals surface area contributed by atoms with Crippen LogP contribution in [-0.4, -0.2) is 38.5 Å². The summed E-state index contributed by atoms with van der Waals surface area (Å²) in [5.74, 6) is 0. The van der Waals surface area contributed by atoms with Crippen LogP contribution in [0.5, 0.6) is 0 Å². The fourth-order valence-electron chi connectivity index (χ4n) is 0.687. The molecular formula is C6H16Al2O. The van der Waals surface area contributed by atoms with E-state index >= 15 is 0 Å². The van der Waals surface area contributed by atoms with Gasteiger partial charge in [0.15, 0.2) is 0 Å². The minimum Gasteiger partial charge on any atom is -0.503 e. The van der Waals surface area contributed by atoms with E-state index in [1.165, 1.54) is 39.7 Å². The highest BCUT2D eigenvalue weighted by Crippen LogP contribution is 2.01. The second-order valence-electron chi connectivity index (χ2n) is 2.38. The summed E-state index contributed by atoms with van der Waals surface area (Å²) in [7, 11) is 0. The molecule has 0 saturated carbocycles. The van der Waals surface area contributed by atoms with Crippen LogP contribution in [0.15, 0.2) is 0 Å². The van der Waals surface area contributed by atoms with Crippen LogP contribution in [0.4, 0.5) is 0 Å². The molecule has 0 atom stereocenters. The lowest BCUT2D eigenvalue weighted by Crippen LogP contribution is -2.06. The van der Waals surface area contributed by atoms with Crippen molar-refractivity contribution in [3.05, 3.63) is 0 Å². The zero-order valence-corrected chi connectivity index (χ0v) is 10.1. The van der Waals surface area contributed by atoms with Gasteiger partial charge in [-0.1, -0.05) is 18.6 Å². The largest absolute Gasteiger partial charge is 0.503 e. The zero-order chi connectivity index (χ0) is 6.95. The van der Waals surface area contributed by atoms with Crippen molar-refractivity contribution in [1.29, 1.82) is 0 Å². The maximum Gasteiger partial charge on any atom is 0.435 e. The summed E-state index contributed by atoms with van der Waals surface area (Å²) < 4.78 is 5.21. The average Bonchev–Trinajstić information content (AvgIpc) is 1.93. The molecule has 1 aliphatic rings. The van der Waals surface area contributed by atoms with Crippen molar-refractivity contribution in [2.24, 2.45) is 0 Å². The van der Waals surface area contributed by atoms with Gasteiger partial charge >= 0.3 is 15.6 Å². The predicted molar refractivity (Wildman–Crippen MR) is 46.2 cm³/mol. The average molecular weight is 158 g/mol. The Morgan fingerprint density at radius 2 is 2.22 bits per heavy atom. The van der Waals surface area contributed by atoms with Crippen LogP contribution in [0, 0.1) is 0 Å². The van der Waals surface area contributed by atoms with Crippen LogP contribution in [-0.2, 0) is 3.79 Å². The van der Waals surface area contributed by atoms with Crippen molar-refractivity contribution in [2.45, 2.75) is 30.3 Å². The maximum atomic E-state index is 5.21. The van der Waals surface area contributed by atoms with Crippen molar-refractivity contribution >= 4 is 31.8 Å². The van der Waals surface area contributed by atoms with E-state index in [-0.39, 0.29) is 15.6 Å². The molecule has 52 valence electrons. The lowest BCUT2D eigenvalue weighted by atomic mass is 10.4. The van der Waals surface area contributed by atoms with E-state index in [1.807, 2.05) is 0 Å². The van der Waals surface area contributed by atoms with E-state index in [1.54, 1.807) is 0 Å². The highest BCUT2D eigenvalue weighted by molar-refractivity contribution is 6.27. The van der Waals surface area contributed by atoms with Crippen LogP contribution in [0.3, 0.4) is 0 Å². The summed E-state index contributed by atoms with van der Waals surface area (Å²) >= 11 is 1.38. The standard InChI is InChI=1S/C4H8O.C2H5.2Al.3H/c1-2-3-4-5;1-2;;;;;/h1-4H2;1H2,2H3;;;;;/q-1;;;+1;;;. The molecule has 1 nitrogen and oxygen atoms in total. The summed E-state index contributed by atoms with van der Waals surface area (Å²) in [5, 5.41) is 2.81. The molecule has 0 spiro atoms. The Hall–Kier alpha value is 1.02. The molecule has 0 aromatic rings. The molecule has 1 heterocycles. The third-order valence-electron chi connectivity index (χ3n) is 1.08. The molecule has 0 aromatic heterocycles. The Kier molecular flexibility index (Phi) is 10.1. The van der Waals surface area contributed by atoms with Crippen molar-refractivity contribution in [3.63, 3.8) is 0 Å². The van der Waals surface area contributed by atoms with Crippen molar-refractivity contribution < 1.29 is 3.79 Å². The Morgan fingerprint density at radius 1 is 1.56 bits per heavy atom. The van der Waals surface area contributed by atoms with Gasteiger partial charge in [-0.2, -0.15) is 0 Å². The summed E-state index contributed by atoms with van der Waals surface area (Å²) in [6.07, 6.45) is 2.75. The molecule has 3 heteroatoms. The molecule has 1 saturated heterocycles. The Balaban J connectivity index is 0.000000187. The SMILES string of the molecule is C1C[CH2][AlH][O]C1.C[CH2][AlH2]. The smallest absolute Gasteiger partial charge is 0.435 e. The molecule has 0 aromatic carbocycles. The first kappa shape index (κ1) is 10.0. The van der Waals surface area contributed by atoms with Crippen LogP contribution in [0.1, 0.15) is 19.8 Å². The Morgan fingerprint density at radius 3 is 2.33 bits per heavy atom. The first-order chi connectivity index (χ1) is 4.41. The lowest BCUT2D eigenvalue weighted by molar-refractivity contribution is 0.304. The quantitative estimate of drug-likeness (QED) is 0.470. The highest BCUT2D eigenvalue weighted by Gasteiger charge is 2.00. The van der Waals surface area contributed by atoms with Gasteiger partial charge in [-0.3, -0.25) is 0 Å². The summed E-state index contributed by atoms with van der Waals surface area (Å²) in [6.45, 7) is 3.25. The molecule has 1 rings (SSSR count). The molecule has 0 amide bonds. The monoisotopic (exact) mass is 158 g/mol. The predicted octanol–water partition coefficient (Wildman–Crippen LogP) is 0.624. The third-order valence-corrected chi connectivity index (χ3v) is 2.44. The zero-order valence-electron chi connectivity index (χ0n) is 6.65. The molecule has 0 radical (unpaired) electrons. The molecular weight excluding hydrogens is 142 g/mol. The van der Waals surface area contributed by atoms with Gasteiger partial charge in [-0.25, -0.2) is 0 Å². The fourth-order valence-corrected chi connectivity index (χ4v) is 1.86. The van der Waals surface area contributed by atoms with Crippen LogP contribution >= 0.6 is 0 Å². The van der Waals surface area contributed by atoms with Gasteiger partial charge in [0, 0.05) is 6.61 Å². The summed E-state index contributed by atoms with van der Waals surface area (Å²) in [5.41, 5.74) is 0. The van der Waals surface area contributed by atoms with E-state index in [2.05, 4.69) is 6.92 Å². The third kappa shape index (κ3) is 9.02. The van der Waals surface area contributed by atoms with Crippen LogP contribution in [0.2, 0.25) is 10.6 Å². The number of hydrogen-bond acceptors (Lipinski definition) is 1. The van der Waals surface area contributed by atoms with E-state index in [9.17, 15) is 0 Å². The van der Waals surface area contributed by atoms with Gasteiger partial charge in [0.2, 0.25) is 16.3 Å². The van der Waals surface area contributed by atoms with E-state index in [4.69, 9.17) is 3.79 Å². The van der Waals surface area contributed by atoms with Gasteiger partial charge in [0.25, 0.3) is 0 Å². The van der Waals surface area contributed by atoms with Crippen LogP contribution in [0.25, 0.3) is 0 Å². The van der Waals surface area contributed by atoms with Gasteiger partial charge < -0.3 is 3.79 Å². The molecule has 1 aliphatic heterocycles. The van der Waals surface area contributed by atoms with Gasteiger partial charge in [0.1, 0.15) is 0 Å². The minimum absolute atomic E-state index is 0.00849. The molecule has 0 bridgehead atoms. The Bertz CT molecular complexity index is 34.8. The minimum atomic E-state index is 0.00849. The topological polar surface area (TPSA) is 9.23 Å². The second kappa shape index (κ2) is 9.02. The highest BCUT2D eigenvalue weighted by atomic mass is 27.1. The maximum absolute atomic E-state index is 5.21. The van der Waals surface area contributed by atoms with E-state index in [0.717, 1.165) is 6.61 Å². The first-order valence-electron chi connectivity index (χ1n) is 3.99. The van der Waals surface area contributed by atoms with Gasteiger partial charge in [-0.15, -0.1) is 5.28 Å². The van der Waals surface area contributed by atoms with E-state index in [0.29, 0.717) is 0 Å². The molecule has 0 N–H and O–H groups in total. The molecule has 0 aliphatic carbocycles. The van der Waals surface area contributed by atoms with Crippen molar-refractivity contribution in [1.82, 2.24) is 0 Å². The number of hydrogen-bond donors (Lipinski definition) is 0. The normalized spacial score (nSPS) is 17.0. The Labute approximate surface area is 72.6 Å². The summed E-state index contributed by atoms with van der Waals surface area (Å²) in [4.78, 5) is 0. The number of rotatable bonds is 0. The second-order valence-corrected chi connectivity index (χ2v) is 5.32. The first-order valence-corrected chi connectivity index (χ1v) is 6.98. The lowest BCUT2D eigenvalue weighted by Gasteiger charge is -2.06. The van der Waals surface area contributed by atoms with E-state index < -0.39 is 0 Å². The van der Waals surface area contributed by atoms with Gasteiger partial charge in [0.05, 0.1) is 0 Å². The van der Waals surface area contributed by atoms with Crippen molar-refractivity contribution in [3.8, 4) is 0 Å². The van der Waals surface area contributed by atoms with Crippen molar-refractivity contribution in [2.75, 3.05) is 6.61 Å². The fraction of sp³-hybridized carbons (Fsp3) is 1.00. The summed E-state index contributed by atoms with van der Waals surface area (Å²) in [6, 6.07) is 0. The van der Waals surface area contributed by atoms with Gasteiger partial charge in [-0.05, 0) is 6.42 Å². The molecule has 9 heavy (non-hydrogen) atoms. The van der Waals surface area contributed by atoms with Crippen LogP contribution < -0.4 is 0 Å².